The van der Waals surface area contributed by atoms with Gasteiger partial charge in [-0.15, -0.1) is 0 Å². The lowest BCUT2D eigenvalue weighted by Gasteiger charge is -2.26. The van der Waals surface area contributed by atoms with Gasteiger partial charge in [0.05, 0.1) is 20.3 Å². The van der Waals surface area contributed by atoms with Crippen LogP contribution >= 0.6 is 15.9 Å². The lowest BCUT2D eigenvalue weighted by molar-refractivity contribution is -0.111. The van der Waals surface area contributed by atoms with E-state index in [0.717, 1.165) is 4.47 Å². The zero-order valence-electron chi connectivity index (χ0n) is 15.8. The number of anilines is 1. The molecule has 2 aromatic carbocycles. The van der Waals surface area contributed by atoms with Gasteiger partial charge in [0.2, 0.25) is 15.9 Å². The summed E-state index contributed by atoms with van der Waals surface area (Å²) < 4.78 is 38.8. The number of benzene rings is 2. The van der Waals surface area contributed by atoms with E-state index in [0.29, 0.717) is 37.6 Å². The number of hydrogen-bond donors (Lipinski definition) is 1. The minimum Gasteiger partial charge on any atom is -0.495 e. The van der Waals surface area contributed by atoms with Crippen LogP contribution in [0, 0.1) is 0 Å². The van der Waals surface area contributed by atoms with E-state index in [4.69, 9.17) is 9.47 Å². The van der Waals surface area contributed by atoms with Gasteiger partial charge in [0.1, 0.15) is 10.6 Å². The summed E-state index contributed by atoms with van der Waals surface area (Å²) in [4.78, 5) is 12.2. The van der Waals surface area contributed by atoms with Crippen molar-refractivity contribution in [3.05, 3.63) is 58.6 Å². The highest BCUT2D eigenvalue weighted by Crippen LogP contribution is 2.29. The largest absolute Gasteiger partial charge is 0.495 e. The number of rotatable bonds is 6. The number of carbonyl (C=O) groups excluding carboxylic acids is 1. The van der Waals surface area contributed by atoms with Crippen LogP contribution in [0.3, 0.4) is 0 Å². The van der Waals surface area contributed by atoms with Crippen LogP contribution in [-0.2, 0) is 19.6 Å². The minimum atomic E-state index is -3.73. The maximum absolute atomic E-state index is 13.0. The fourth-order valence-electron chi connectivity index (χ4n) is 2.81. The van der Waals surface area contributed by atoms with Gasteiger partial charge in [0, 0.05) is 29.3 Å². The van der Waals surface area contributed by atoms with Crippen molar-refractivity contribution >= 4 is 43.6 Å². The minimum absolute atomic E-state index is 0.0670. The quantitative estimate of drug-likeness (QED) is 0.641. The van der Waals surface area contributed by atoms with Crippen LogP contribution < -0.4 is 10.1 Å². The van der Waals surface area contributed by atoms with Crippen LogP contribution in [0.5, 0.6) is 5.75 Å². The van der Waals surface area contributed by atoms with Crippen molar-refractivity contribution in [1.82, 2.24) is 4.31 Å². The zero-order valence-corrected chi connectivity index (χ0v) is 18.2. The van der Waals surface area contributed by atoms with Crippen molar-refractivity contribution < 1.29 is 22.7 Å². The van der Waals surface area contributed by atoms with Crippen molar-refractivity contribution in [3.63, 3.8) is 0 Å². The number of carbonyl (C=O) groups is 1. The summed E-state index contributed by atoms with van der Waals surface area (Å²) in [7, 11) is -2.30. The first-order valence-corrected chi connectivity index (χ1v) is 11.1. The summed E-state index contributed by atoms with van der Waals surface area (Å²) in [6.07, 6.45) is 2.92. The Morgan fingerprint density at radius 1 is 1.17 bits per heavy atom. The standard InChI is InChI=1S/C20H21BrN2O5S/c1-27-18-8-2-15(3-9-20(24)22-17-6-4-16(21)5-7-17)14-19(18)29(25,26)23-10-12-28-13-11-23/h2-9,14H,10-13H2,1H3,(H,22,24)/b9-3+. The van der Waals surface area contributed by atoms with Crippen LogP contribution in [0.4, 0.5) is 5.69 Å². The van der Waals surface area contributed by atoms with E-state index in [9.17, 15) is 13.2 Å². The molecule has 1 fully saturated rings. The lowest BCUT2D eigenvalue weighted by Crippen LogP contribution is -2.40. The SMILES string of the molecule is COc1ccc(/C=C/C(=O)Nc2ccc(Br)cc2)cc1S(=O)(=O)N1CCOCC1. The number of halogens is 1. The molecule has 2 aromatic rings. The Morgan fingerprint density at radius 2 is 1.86 bits per heavy atom. The topological polar surface area (TPSA) is 84.9 Å². The molecule has 0 aliphatic carbocycles. The van der Waals surface area contributed by atoms with Crippen molar-refractivity contribution in [2.24, 2.45) is 0 Å². The normalized spacial score (nSPS) is 15.4. The molecule has 0 bridgehead atoms. The summed E-state index contributed by atoms with van der Waals surface area (Å²) in [5.74, 6) is -0.0614. The fourth-order valence-corrected chi connectivity index (χ4v) is 4.68. The van der Waals surface area contributed by atoms with Gasteiger partial charge in [-0.2, -0.15) is 4.31 Å². The number of morpholine rings is 1. The van der Waals surface area contributed by atoms with E-state index < -0.39 is 10.0 Å². The molecular weight excluding hydrogens is 460 g/mol. The summed E-state index contributed by atoms with van der Waals surface area (Å²) >= 11 is 3.34. The van der Waals surface area contributed by atoms with Crippen molar-refractivity contribution in [2.45, 2.75) is 4.90 Å². The van der Waals surface area contributed by atoms with Crippen LogP contribution in [-0.4, -0.2) is 52.0 Å². The van der Waals surface area contributed by atoms with Crippen LogP contribution in [0.25, 0.3) is 6.08 Å². The Labute approximate surface area is 178 Å². The van der Waals surface area contributed by atoms with Crippen molar-refractivity contribution in [3.8, 4) is 5.75 Å². The van der Waals surface area contributed by atoms with E-state index >= 15 is 0 Å². The fraction of sp³-hybridized carbons (Fsp3) is 0.250. The van der Waals surface area contributed by atoms with Crippen molar-refractivity contribution in [1.29, 1.82) is 0 Å². The van der Waals surface area contributed by atoms with E-state index in [1.807, 2.05) is 12.1 Å². The van der Waals surface area contributed by atoms with E-state index in [1.165, 1.54) is 23.6 Å². The van der Waals surface area contributed by atoms with Crippen LogP contribution in [0.2, 0.25) is 0 Å². The highest BCUT2D eigenvalue weighted by molar-refractivity contribution is 9.10. The molecule has 0 spiro atoms. The third-order valence-corrected chi connectivity index (χ3v) is 6.76. The molecular formula is C20H21BrN2O5S. The highest BCUT2D eigenvalue weighted by Gasteiger charge is 2.29. The second-order valence-corrected chi connectivity index (χ2v) is 9.08. The number of hydrogen-bond acceptors (Lipinski definition) is 5. The predicted molar refractivity (Wildman–Crippen MR) is 114 cm³/mol. The smallest absolute Gasteiger partial charge is 0.248 e. The first kappa shape index (κ1) is 21.5. The Balaban J connectivity index is 1.79. The molecule has 3 rings (SSSR count). The van der Waals surface area contributed by atoms with Gasteiger partial charge in [-0.25, -0.2) is 8.42 Å². The molecule has 1 aliphatic rings. The Kier molecular flexibility index (Phi) is 7.07. The maximum atomic E-state index is 13.0. The van der Waals surface area contributed by atoms with E-state index in [-0.39, 0.29) is 16.6 Å². The Morgan fingerprint density at radius 3 is 2.52 bits per heavy atom. The molecule has 0 atom stereocenters. The molecule has 0 radical (unpaired) electrons. The average Bonchev–Trinajstić information content (AvgIpc) is 2.74. The van der Waals surface area contributed by atoms with E-state index in [2.05, 4.69) is 21.2 Å². The maximum Gasteiger partial charge on any atom is 0.248 e. The van der Waals surface area contributed by atoms with Gasteiger partial charge >= 0.3 is 0 Å². The number of nitrogens with one attached hydrogen (secondary N) is 1. The molecule has 1 saturated heterocycles. The summed E-state index contributed by atoms with van der Waals surface area (Å²) in [5, 5.41) is 2.75. The molecule has 0 unspecified atom stereocenters. The third kappa shape index (κ3) is 5.45. The first-order valence-electron chi connectivity index (χ1n) is 8.91. The van der Waals surface area contributed by atoms with Gasteiger partial charge in [-0.1, -0.05) is 22.0 Å². The first-order chi connectivity index (χ1) is 13.9. The number of amides is 1. The average molecular weight is 481 g/mol. The third-order valence-electron chi connectivity index (χ3n) is 4.31. The molecule has 1 amide bonds. The molecule has 7 nitrogen and oxygen atoms in total. The molecule has 1 N–H and O–H groups in total. The molecule has 154 valence electrons. The molecule has 1 aliphatic heterocycles. The molecule has 9 heteroatoms. The van der Waals surface area contributed by atoms with Gasteiger partial charge in [-0.05, 0) is 48.0 Å². The van der Waals surface area contributed by atoms with Crippen LogP contribution in [0.15, 0.2) is 57.9 Å². The van der Waals surface area contributed by atoms with Gasteiger partial charge in [-0.3, -0.25) is 4.79 Å². The number of sulfonamides is 1. The van der Waals surface area contributed by atoms with Gasteiger partial charge < -0.3 is 14.8 Å². The van der Waals surface area contributed by atoms with E-state index in [1.54, 1.807) is 30.3 Å². The van der Waals surface area contributed by atoms with Crippen LogP contribution in [0.1, 0.15) is 5.56 Å². The Bertz CT molecular complexity index is 1000. The van der Waals surface area contributed by atoms with Gasteiger partial charge in [0.15, 0.2) is 0 Å². The molecule has 0 aromatic heterocycles. The summed E-state index contributed by atoms with van der Waals surface area (Å²) in [6.45, 7) is 1.30. The molecule has 29 heavy (non-hydrogen) atoms. The van der Waals surface area contributed by atoms with Gasteiger partial charge in [0.25, 0.3) is 0 Å². The summed E-state index contributed by atoms with van der Waals surface area (Å²) in [6, 6.07) is 12.0. The number of nitrogens with zero attached hydrogens (tertiary/aromatic N) is 1. The highest BCUT2D eigenvalue weighted by atomic mass is 79.9. The molecule has 1 heterocycles. The predicted octanol–water partition coefficient (Wildman–Crippen LogP) is 3.13. The second-order valence-electron chi connectivity index (χ2n) is 6.26. The second kappa shape index (κ2) is 9.53. The Hall–Kier alpha value is -2.20. The number of ether oxygens (including phenoxy) is 2. The lowest BCUT2D eigenvalue weighted by atomic mass is 10.2. The summed E-state index contributed by atoms with van der Waals surface area (Å²) in [5.41, 5.74) is 1.23. The van der Waals surface area contributed by atoms with Crippen molar-refractivity contribution in [2.75, 3.05) is 38.7 Å². The molecule has 0 saturated carbocycles. The zero-order chi connectivity index (χ0) is 20.9. The monoisotopic (exact) mass is 480 g/mol. The number of methoxy groups -OCH3 is 1.